The van der Waals surface area contributed by atoms with Gasteiger partial charge in [0.2, 0.25) is 0 Å². The molecule has 2 aliphatic rings. The van der Waals surface area contributed by atoms with Gasteiger partial charge in [0.05, 0.1) is 18.2 Å². The van der Waals surface area contributed by atoms with Crippen molar-refractivity contribution in [2.75, 3.05) is 13.2 Å². The Morgan fingerprint density at radius 2 is 2.22 bits per heavy atom. The highest BCUT2D eigenvalue weighted by Gasteiger charge is 2.52. The van der Waals surface area contributed by atoms with Gasteiger partial charge in [-0.25, -0.2) is 8.78 Å². The normalized spacial score (nSPS) is 35.5. The zero-order valence-electron chi connectivity index (χ0n) is 10.1. The third-order valence-electron chi connectivity index (χ3n) is 3.94. The molecule has 3 unspecified atom stereocenters. The first kappa shape index (κ1) is 12.0. The summed E-state index contributed by atoms with van der Waals surface area (Å²) in [5, 5.41) is 0. The van der Waals surface area contributed by atoms with Crippen LogP contribution in [0.4, 0.5) is 8.78 Å². The second-order valence-electron chi connectivity index (χ2n) is 4.97. The minimum Gasteiger partial charge on any atom is -0.379 e. The number of halogens is 2. The number of rotatable bonds is 1. The van der Waals surface area contributed by atoms with E-state index in [0.29, 0.717) is 18.8 Å². The Morgan fingerprint density at radius 1 is 1.39 bits per heavy atom. The van der Waals surface area contributed by atoms with Crippen molar-refractivity contribution in [1.82, 2.24) is 5.48 Å². The first-order valence-electron chi connectivity index (χ1n) is 6.09. The monoisotopic (exact) mass is 255 g/mol. The number of fused-ring (bicyclic) bond motifs is 1. The van der Waals surface area contributed by atoms with Crippen LogP contribution in [0.25, 0.3) is 0 Å². The standard InChI is InChI=1S/C13H15F2NO2/c1-8-10-4-5-17-7-13(10,16-18-8)11-3-2-9(14)6-12(11)15/h2-3,6,8,10,16H,4-5,7H2,1H3. The zero-order valence-corrected chi connectivity index (χ0v) is 10.1. The van der Waals surface area contributed by atoms with Crippen LogP contribution in [-0.4, -0.2) is 19.3 Å². The van der Waals surface area contributed by atoms with Gasteiger partial charge in [-0.1, -0.05) is 6.07 Å². The van der Waals surface area contributed by atoms with Gasteiger partial charge >= 0.3 is 0 Å². The van der Waals surface area contributed by atoms with Crippen LogP contribution in [0.2, 0.25) is 0 Å². The molecule has 2 heterocycles. The summed E-state index contributed by atoms with van der Waals surface area (Å²) in [5.74, 6) is -1.00. The Labute approximate surface area is 104 Å². The fourth-order valence-corrected chi connectivity index (χ4v) is 3.00. The molecule has 5 heteroatoms. The molecule has 3 atom stereocenters. The Kier molecular flexibility index (Phi) is 2.84. The van der Waals surface area contributed by atoms with E-state index in [-0.39, 0.29) is 12.0 Å². The maximum absolute atomic E-state index is 14.0. The fourth-order valence-electron chi connectivity index (χ4n) is 3.00. The van der Waals surface area contributed by atoms with E-state index in [9.17, 15) is 8.78 Å². The highest BCUT2D eigenvalue weighted by atomic mass is 19.1. The average molecular weight is 255 g/mol. The lowest BCUT2D eigenvalue weighted by molar-refractivity contribution is -0.0244. The summed E-state index contributed by atoms with van der Waals surface area (Å²) < 4.78 is 32.5. The maximum atomic E-state index is 14.0. The molecule has 2 saturated heterocycles. The second-order valence-corrected chi connectivity index (χ2v) is 4.97. The molecule has 18 heavy (non-hydrogen) atoms. The molecule has 3 rings (SSSR count). The van der Waals surface area contributed by atoms with Crippen LogP contribution in [-0.2, 0) is 15.1 Å². The molecule has 0 radical (unpaired) electrons. The number of hydrogen-bond acceptors (Lipinski definition) is 3. The van der Waals surface area contributed by atoms with Crippen molar-refractivity contribution >= 4 is 0 Å². The van der Waals surface area contributed by atoms with E-state index in [0.717, 1.165) is 12.5 Å². The third-order valence-corrected chi connectivity index (χ3v) is 3.94. The van der Waals surface area contributed by atoms with Gasteiger partial charge in [-0.2, -0.15) is 5.48 Å². The minimum absolute atomic E-state index is 0.0154. The van der Waals surface area contributed by atoms with Gasteiger partial charge in [-0.3, -0.25) is 4.84 Å². The molecule has 1 aromatic rings. The molecule has 2 aliphatic heterocycles. The quantitative estimate of drug-likeness (QED) is 0.833. The summed E-state index contributed by atoms with van der Waals surface area (Å²) in [7, 11) is 0. The second kappa shape index (κ2) is 4.26. The summed E-state index contributed by atoms with van der Waals surface area (Å²) in [6.07, 6.45) is 0.781. The highest BCUT2D eigenvalue weighted by molar-refractivity contribution is 5.30. The summed E-state index contributed by atoms with van der Waals surface area (Å²) in [6, 6.07) is 3.64. The average Bonchev–Trinajstić information content (AvgIpc) is 2.68. The minimum atomic E-state index is -0.699. The lowest BCUT2D eigenvalue weighted by Crippen LogP contribution is -2.50. The van der Waals surface area contributed by atoms with E-state index in [1.165, 1.54) is 12.1 Å². The van der Waals surface area contributed by atoms with Crippen molar-refractivity contribution in [3.05, 3.63) is 35.4 Å². The van der Waals surface area contributed by atoms with Gasteiger partial charge in [-0.05, 0) is 19.4 Å². The van der Waals surface area contributed by atoms with E-state index >= 15 is 0 Å². The summed E-state index contributed by atoms with van der Waals surface area (Å²) in [4.78, 5) is 5.45. The van der Waals surface area contributed by atoms with Gasteiger partial charge in [0.25, 0.3) is 0 Å². The molecule has 0 bridgehead atoms. The topological polar surface area (TPSA) is 30.5 Å². The van der Waals surface area contributed by atoms with Crippen molar-refractivity contribution in [3.8, 4) is 0 Å². The van der Waals surface area contributed by atoms with E-state index in [1.807, 2.05) is 6.92 Å². The Bertz CT molecular complexity index is 464. The molecule has 2 fully saturated rings. The molecule has 0 aliphatic carbocycles. The van der Waals surface area contributed by atoms with E-state index < -0.39 is 17.2 Å². The summed E-state index contributed by atoms with van der Waals surface area (Å²) in [6.45, 7) is 2.93. The summed E-state index contributed by atoms with van der Waals surface area (Å²) >= 11 is 0. The van der Waals surface area contributed by atoms with E-state index in [4.69, 9.17) is 9.57 Å². The molecule has 0 saturated carbocycles. The first-order chi connectivity index (χ1) is 8.63. The van der Waals surface area contributed by atoms with Crippen LogP contribution >= 0.6 is 0 Å². The van der Waals surface area contributed by atoms with Crippen molar-refractivity contribution in [2.24, 2.45) is 5.92 Å². The van der Waals surface area contributed by atoms with Crippen LogP contribution in [0.5, 0.6) is 0 Å². The van der Waals surface area contributed by atoms with Crippen molar-refractivity contribution in [2.45, 2.75) is 25.0 Å². The van der Waals surface area contributed by atoms with Gasteiger partial charge < -0.3 is 4.74 Å². The van der Waals surface area contributed by atoms with Gasteiger partial charge in [0.15, 0.2) is 0 Å². The molecule has 0 amide bonds. The lowest BCUT2D eigenvalue weighted by atomic mass is 9.74. The molecule has 0 aromatic heterocycles. The van der Waals surface area contributed by atoms with Gasteiger partial charge in [0, 0.05) is 24.2 Å². The number of benzene rings is 1. The fraction of sp³-hybridized carbons (Fsp3) is 0.538. The predicted octanol–water partition coefficient (Wildman–Crippen LogP) is 2.12. The van der Waals surface area contributed by atoms with Crippen LogP contribution in [0.1, 0.15) is 18.9 Å². The van der Waals surface area contributed by atoms with Crippen molar-refractivity contribution < 1.29 is 18.4 Å². The first-order valence-corrected chi connectivity index (χ1v) is 6.09. The van der Waals surface area contributed by atoms with E-state index in [1.54, 1.807) is 0 Å². The van der Waals surface area contributed by atoms with Gasteiger partial charge in [-0.15, -0.1) is 0 Å². The maximum Gasteiger partial charge on any atom is 0.131 e. The highest BCUT2D eigenvalue weighted by Crippen LogP contribution is 2.43. The number of hydroxylamine groups is 1. The Hall–Kier alpha value is -1.04. The molecular weight excluding hydrogens is 240 g/mol. The smallest absolute Gasteiger partial charge is 0.131 e. The summed E-state index contributed by atoms with van der Waals surface area (Å²) in [5.41, 5.74) is 2.63. The third kappa shape index (κ3) is 1.66. The number of ether oxygens (including phenoxy) is 1. The number of nitrogens with one attached hydrogen (secondary N) is 1. The Balaban J connectivity index is 2.06. The van der Waals surface area contributed by atoms with Crippen molar-refractivity contribution in [3.63, 3.8) is 0 Å². The number of hydrogen-bond donors (Lipinski definition) is 1. The molecular formula is C13H15F2NO2. The molecule has 98 valence electrons. The van der Waals surface area contributed by atoms with Crippen LogP contribution < -0.4 is 5.48 Å². The van der Waals surface area contributed by atoms with Crippen LogP contribution in [0.3, 0.4) is 0 Å². The predicted molar refractivity (Wildman–Crippen MR) is 60.6 cm³/mol. The molecule has 0 spiro atoms. The zero-order chi connectivity index (χ0) is 12.8. The van der Waals surface area contributed by atoms with Crippen LogP contribution in [0.15, 0.2) is 18.2 Å². The lowest BCUT2D eigenvalue weighted by Gasteiger charge is -2.38. The van der Waals surface area contributed by atoms with E-state index in [2.05, 4.69) is 5.48 Å². The van der Waals surface area contributed by atoms with Crippen LogP contribution in [0, 0.1) is 17.6 Å². The Morgan fingerprint density at radius 3 is 3.00 bits per heavy atom. The van der Waals surface area contributed by atoms with Gasteiger partial charge in [0.1, 0.15) is 11.6 Å². The SMILES string of the molecule is CC1ONC2(c3ccc(F)cc3F)COCCC12. The molecule has 1 N–H and O–H groups in total. The molecule has 1 aromatic carbocycles. The largest absolute Gasteiger partial charge is 0.379 e. The van der Waals surface area contributed by atoms with Crippen molar-refractivity contribution in [1.29, 1.82) is 0 Å². The molecule has 3 nitrogen and oxygen atoms in total.